The van der Waals surface area contributed by atoms with Gasteiger partial charge in [-0.3, -0.25) is 4.98 Å². The number of benzene rings is 2. The molecule has 0 atom stereocenters. The molecule has 9 nitrogen and oxygen atoms in total. The number of aromatic amines is 1. The van der Waals surface area contributed by atoms with Crippen LogP contribution in [0.4, 0.5) is 9.18 Å². The van der Waals surface area contributed by atoms with E-state index >= 15 is 0 Å². The Kier molecular flexibility index (Phi) is 6.33. The SMILES string of the molecule is O=C(NCc1ncccc1F)NN(Cc1nc2ccccc2[nH]1)OC(=O)c1ccccc1. The zero-order valence-electron chi connectivity index (χ0n) is 16.8. The number of nitrogens with zero attached hydrogens (tertiary/aromatic N) is 3. The van der Waals surface area contributed by atoms with Crippen molar-refractivity contribution < 1.29 is 18.8 Å². The van der Waals surface area contributed by atoms with Crippen molar-refractivity contribution in [1.29, 1.82) is 0 Å². The van der Waals surface area contributed by atoms with Crippen molar-refractivity contribution in [2.75, 3.05) is 0 Å². The average Bonchev–Trinajstić information content (AvgIpc) is 3.21. The summed E-state index contributed by atoms with van der Waals surface area (Å²) in [7, 11) is 0. The summed E-state index contributed by atoms with van der Waals surface area (Å²) in [4.78, 5) is 41.6. The van der Waals surface area contributed by atoms with Gasteiger partial charge in [0.1, 0.15) is 18.2 Å². The number of carbonyl (C=O) groups is 2. The molecule has 32 heavy (non-hydrogen) atoms. The first-order valence-corrected chi connectivity index (χ1v) is 9.71. The molecule has 0 radical (unpaired) electrons. The third-order valence-electron chi connectivity index (χ3n) is 4.41. The molecule has 2 aromatic carbocycles. The van der Waals surface area contributed by atoms with Gasteiger partial charge >= 0.3 is 12.0 Å². The van der Waals surface area contributed by atoms with Gasteiger partial charge < -0.3 is 15.1 Å². The number of halogens is 1. The summed E-state index contributed by atoms with van der Waals surface area (Å²) in [5.41, 5.74) is 4.34. The highest BCUT2D eigenvalue weighted by atomic mass is 19.1. The number of aromatic nitrogens is 3. The number of hydroxylamine groups is 1. The van der Waals surface area contributed by atoms with Gasteiger partial charge in [0.25, 0.3) is 0 Å². The third kappa shape index (κ3) is 5.24. The quantitative estimate of drug-likeness (QED) is 0.386. The van der Waals surface area contributed by atoms with Gasteiger partial charge in [-0.25, -0.2) is 24.4 Å². The molecule has 0 fully saturated rings. The van der Waals surface area contributed by atoms with Gasteiger partial charge in [0.2, 0.25) is 0 Å². The van der Waals surface area contributed by atoms with Gasteiger partial charge in [0.15, 0.2) is 0 Å². The molecule has 2 amide bonds. The van der Waals surface area contributed by atoms with Gasteiger partial charge in [-0.2, -0.15) is 0 Å². The number of nitrogens with one attached hydrogen (secondary N) is 3. The number of H-pyrrole nitrogens is 1. The number of hydrogen-bond acceptors (Lipinski definition) is 6. The van der Waals surface area contributed by atoms with E-state index in [2.05, 4.69) is 25.7 Å². The molecule has 0 aliphatic rings. The van der Waals surface area contributed by atoms with E-state index in [1.807, 2.05) is 24.3 Å². The molecule has 0 unspecified atom stereocenters. The molecule has 0 bridgehead atoms. The van der Waals surface area contributed by atoms with Crippen LogP contribution < -0.4 is 10.7 Å². The zero-order chi connectivity index (χ0) is 22.3. The number of imidazole rings is 1. The predicted molar refractivity (Wildman–Crippen MR) is 113 cm³/mol. The van der Waals surface area contributed by atoms with Gasteiger partial charge in [0.05, 0.1) is 28.8 Å². The maximum absolute atomic E-state index is 13.7. The number of fused-ring (bicyclic) bond motifs is 1. The second-order valence-electron chi connectivity index (χ2n) is 6.71. The average molecular weight is 434 g/mol. The molecule has 4 rings (SSSR count). The summed E-state index contributed by atoms with van der Waals surface area (Å²) in [6, 6.07) is 17.7. The van der Waals surface area contributed by atoms with Crippen LogP contribution >= 0.6 is 0 Å². The van der Waals surface area contributed by atoms with Crippen LogP contribution in [0.1, 0.15) is 21.9 Å². The Labute approximate surface area is 182 Å². The lowest BCUT2D eigenvalue weighted by atomic mass is 10.2. The Balaban J connectivity index is 1.46. The number of amides is 2. The highest BCUT2D eigenvalue weighted by Gasteiger charge is 2.19. The summed E-state index contributed by atoms with van der Waals surface area (Å²) in [5.74, 6) is -0.747. The third-order valence-corrected chi connectivity index (χ3v) is 4.41. The van der Waals surface area contributed by atoms with E-state index in [1.165, 1.54) is 18.3 Å². The summed E-state index contributed by atoms with van der Waals surface area (Å²) < 4.78 is 13.7. The number of para-hydroxylation sites is 2. The summed E-state index contributed by atoms with van der Waals surface area (Å²) in [6.07, 6.45) is 1.42. The molecule has 2 heterocycles. The van der Waals surface area contributed by atoms with Gasteiger partial charge in [-0.05, 0) is 41.6 Å². The molecule has 0 spiro atoms. The molecule has 0 aliphatic carbocycles. The van der Waals surface area contributed by atoms with Crippen molar-refractivity contribution in [3.63, 3.8) is 0 Å². The highest BCUT2D eigenvalue weighted by Crippen LogP contribution is 2.12. The van der Waals surface area contributed by atoms with Crippen LogP contribution in [0.2, 0.25) is 0 Å². The standard InChI is InChI=1S/C22H19FN6O3/c23-16-9-6-12-24-19(16)13-25-22(31)28-29(32-21(30)15-7-2-1-3-8-15)14-20-26-17-10-4-5-11-18(17)27-20/h1-12H,13-14H2,(H,26,27)(H2,25,28,31). The van der Waals surface area contributed by atoms with Crippen LogP contribution in [0.3, 0.4) is 0 Å². The van der Waals surface area contributed by atoms with E-state index in [1.54, 1.807) is 30.3 Å². The Morgan fingerprint density at radius 3 is 2.59 bits per heavy atom. The summed E-state index contributed by atoms with van der Waals surface area (Å²) in [6.45, 7) is -0.206. The fourth-order valence-corrected chi connectivity index (χ4v) is 2.90. The zero-order valence-corrected chi connectivity index (χ0v) is 16.8. The first-order valence-electron chi connectivity index (χ1n) is 9.71. The summed E-state index contributed by atoms with van der Waals surface area (Å²) >= 11 is 0. The minimum atomic E-state index is -0.716. The molecule has 3 N–H and O–H groups in total. The molecular formula is C22H19FN6O3. The number of carbonyl (C=O) groups excluding carboxylic acids is 2. The monoisotopic (exact) mass is 434 g/mol. The van der Waals surface area contributed by atoms with E-state index in [0.29, 0.717) is 11.4 Å². The van der Waals surface area contributed by atoms with E-state index in [-0.39, 0.29) is 18.8 Å². The first kappa shape index (κ1) is 20.9. The maximum Gasteiger partial charge on any atom is 0.358 e. The van der Waals surface area contributed by atoms with Crippen LogP contribution in [0, 0.1) is 5.82 Å². The van der Waals surface area contributed by atoms with Crippen LogP contribution in [0.25, 0.3) is 11.0 Å². The van der Waals surface area contributed by atoms with E-state index in [9.17, 15) is 14.0 Å². The molecule has 2 aromatic heterocycles. The smallest absolute Gasteiger partial charge is 0.343 e. The lowest BCUT2D eigenvalue weighted by Gasteiger charge is -2.21. The van der Waals surface area contributed by atoms with Crippen molar-refractivity contribution in [3.05, 3.63) is 95.8 Å². The maximum atomic E-state index is 13.7. The molecule has 10 heteroatoms. The van der Waals surface area contributed by atoms with Crippen molar-refractivity contribution in [1.82, 2.24) is 30.9 Å². The topological polar surface area (TPSA) is 112 Å². The second-order valence-corrected chi connectivity index (χ2v) is 6.71. The molecular weight excluding hydrogens is 415 g/mol. The normalized spacial score (nSPS) is 10.8. The van der Waals surface area contributed by atoms with Gasteiger partial charge in [-0.15, -0.1) is 0 Å². The number of rotatable bonds is 7. The molecule has 0 saturated heterocycles. The van der Waals surface area contributed by atoms with Crippen molar-refractivity contribution in [3.8, 4) is 0 Å². The van der Waals surface area contributed by atoms with Crippen molar-refractivity contribution in [2.24, 2.45) is 0 Å². The number of hydrazine groups is 1. The first-order chi connectivity index (χ1) is 15.6. The molecule has 0 aliphatic heterocycles. The Morgan fingerprint density at radius 1 is 1.03 bits per heavy atom. The van der Waals surface area contributed by atoms with Crippen LogP contribution in [-0.2, 0) is 17.9 Å². The highest BCUT2D eigenvalue weighted by molar-refractivity contribution is 5.89. The van der Waals surface area contributed by atoms with Crippen LogP contribution in [-0.4, -0.2) is 32.1 Å². The Morgan fingerprint density at radius 2 is 1.81 bits per heavy atom. The fraction of sp³-hybridized carbons (Fsp3) is 0.0909. The largest absolute Gasteiger partial charge is 0.358 e. The molecule has 162 valence electrons. The number of urea groups is 1. The van der Waals surface area contributed by atoms with Crippen LogP contribution in [0.5, 0.6) is 0 Å². The van der Waals surface area contributed by atoms with E-state index < -0.39 is 17.8 Å². The lowest BCUT2D eigenvalue weighted by molar-refractivity contribution is -0.143. The number of hydrogen-bond donors (Lipinski definition) is 3. The Hall–Kier alpha value is -4.31. The van der Waals surface area contributed by atoms with Gasteiger partial charge in [-0.1, -0.05) is 30.3 Å². The second kappa shape index (κ2) is 9.67. The minimum absolute atomic E-state index is 0.0569. The minimum Gasteiger partial charge on any atom is -0.343 e. The Bertz CT molecular complexity index is 1200. The fourth-order valence-electron chi connectivity index (χ4n) is 2.90. The van der Waals surface area contributed by atoms with E-state index in [4.69, 9.17) is 4.84 Å². The van der Waals surface area contributed by atoms with Crippen molar-refractivity contribution in [2.45, 2.75) is 13.1 Å². The van der Waals surface area contributed by atoms with Crippen LogP contribution in [0.15, 0.2) is 72.9 Å². The van der Waals surface area contributed by atoms with Gasteiger partial charge in [0, 0.05) is 6.20 Å². The van der Waals surface area contributed by atoms with E-state index in [0.717, 1.165) is 16.2 Å². The predicted octanol–water partition coefficient (Wildman–Crippen LogP) is 3.09. The van der Waals surface area contributed by atoms with Crippen molar-refractivity contribution >= 4 is 23.0 Å². The summed E-state index contributed by atoms with van der Waals surface area (Å²) in [5, 5.41) is 3.44. The number of pyridine rings is 1. The lowest BCUT2D eigenvalue weighted by Crippen LogP contribution is -2.47. The molecule has 4 aromatic rings. The molecule has 0 saturated carbocycles.